The smallest absolute Gasteiger partial charge is 0.341 e. The van der Waals surface area contributed by atoms with Gasteiger partial charge < -0.3 is 20.1 Å². The minimum atomic E-state index is -0.410. The van der Waals surface area contributed by atoms with Crippen molar-refractivity contribution in [3.63, 3.8) is 0 Å². The van der Waals surface area contributed by atoms with E-state index in [4.69, 9.17) is 9.47 Å². The van der Waals surface area contributed by atoms with Gasteiger partial charge in [-0.2, -0.15) is 0 Å². The molecule has 1 aromatic carbocycles. The monoisotopic (exact) mass is 417 g/mol. The van der Waals surface area contributed by atoms with Crippen molar-refractivity contribution in [2.45, 2.75) is 51.6 Å². The summed E-state index contributed by atoms with van der Waals surface area (Å²) < 4.78 is 10.6. The van der Waals surface area contributed by atoms with Gasteiger partial charge in [-0.05, 0) is 45.4 Å². The molecule has 0 aliphatic carbocycles. The third kappa shape index (κ3) is 4.79. The van der Waals surface area contributed by atoms with Crippen molar-refractivity contribution in [1.82, 2.24) is 0 Å². The number of quaternary nitrogens is 1. The number of carbonyl (C=O) groups excluding carboxylic acids is 2. The molecule has 1 aliphatic heterocycles. The van der Waals surface area contributed by atoms with Crippen molar-refractivity contribution in [2.24, 2.45) is 0 Å². The van der Waals surface area contributed by atoms with Crippen LogP contribution in [-0.2, 0) is 21.5 Å². The zero-order chi connectivity index (χ0) is 21.2. The summed E-state index contributed by atoms with van der Waals surface area (Å²) in [7, 11) is 1.37. The number of nitrogens with one attached hydrogen (secondary N) is 1. The minimum absolute atomic E-state index is 0.0504. The maximum Gasteiger partial charge on any atom is 0.341 e. The molecule has 3 rings (SSSR count). The number of nitrogens with two attached hydrogens (primary N) is 1. The lowest BCUT2D eigenvalue weighted by Gasteiger charge is -2.38. The lowest BCUT2D eigenvalue weighted by Crippen LogP contribution is -3.03. The third-order valence-corrected chi connectivity index (χ3v) is 6.45. The zero-order valence-electron chi connectivity index (χ0n) is 17.6. The molecule has 7 heteroatoms. The number of fused-ring (bicyclic) bond motifs is 1. The van der Waals surface area contributed by atoms with E-state index in [-0.39, 0.29) is 30.0 Å². The number of benzene rings is 1. The molecule has 29 heavy (non-hydrogen) atoms. The summed E-state index contributed by atoms with van der Waals surface area (Å²) in [6.45, 7) is 8.87. The molecule has 2 aromatic rings. The van der Waals surface area contributed by atoms with Gasteiger partial charge in [0.1, 0.15) is 16.3 Å². The fraction of sp³-hybridized carbons (Fsp3) is 0.455. The quantitative estimate of drug-likeness (QED) is 0.708. The van der Waals surface area contributed by atoms with Crippen LogP contribution in [0.1, 0.15) is 54.9 Å². The number of ether oxygens (including phenoxy) is 2. The SMILES string of the molecule is COC(=O)c1c(NC(=O)CCOc2ccccc2)sc2c1CC(C)(C)[NH2+]C2(C)C. The molecule has 1 amide bonds. The Balaban J connectivity index is 1.79. The predicted octanol–water partition coefficient (Wildman–Crippen LogP) is 3.08. The molecule has 2 heterocycles. The fourth-order valence-corrected chi connectivity index (χ4v) is 5.37. The van der Waals surface area contributed by atoms with Gasteiger partial charge in [0.25, 0.3) is 0 Å². The number of hydrogen-bond acceptors (Lipinski definition) is 5. The molecule has 156 valence electrons. The van der Waals surface area contributed by atoms with Crippen LogP contribution >= 0.6 is 11.3 Å². The Morgan fingerprint density at radius 2 is 1.86 bits per heavy atom. The number of amides is 1. The molecule has 0 spiro atoms. The number of esters is 1. The minimum Gasteiger partial charge on any atom is -0.493 e. The van der Waals surface area contributed by atoms with Crippen molar-refractivity contribution in [1.29, 1.82) is 0 Å². The van der Waals surface area contributed by atoms with Crippen molar-refractivity contribution in [3.05, 3.63) is 46.3 Å². The number of thiophene rings is 1. The number of para-hydroxylation sites is 1. The normalized spacial score (nSPS) is 16.6. The molecule has 0 saturated carbocycles. The molecule has 0 saturated heterocycles. The van der Waals surface area contributed by atoms with Gasteiger partial charge in [0.05, 0.1) is 36.1 Å². The van der Waals surface area contributed by atoms with Crippen molar-refractivity contribution < 1.29 is 24.4 Å². The summed E-state index contributed by atoms with van der Waals surface area (Å²) in [4.78, 5) is 26.2. The van der Waals surface area contributed by atoms with Crippen LogP contribution in [0.15, 0.2) is 30.3 Å². The number of rotatable bonds is 6. The van der Waals surface area contributed by atoms with E-state index < -0.39 is 5.97 Å². The largest absolute Gasteiger partial charge is 0.493 e. The van der Waals surface area contributed by atoms with Gasteiger partial charge in [0.15, 0.2) is 0 Å². The second-order valence-electron chi connectivity index (χ2n) is 8.60. The van der Waals surface area contributed by atoms with Crippen LogP contribution in [0, 0.1) is 0 Å². The number of carbonyl (C=O) groups is 2. The number of anilines is 1. The molecule has 6 nitrogen and oxygen atoms in total. The molecule has 0 bridgehead atoms. The first-order valence-electron chi connectivity index (χ1n) is 9.72. The molecular weight excluding hydrogens is 388 g/mol. The van der Waals surface area contributed by atoms with E-state index in [2.05, 4.69) is 38.3 Å². The zero-order valence-corrected chi connectivity index (χ0v) is 18.4. The Kier molecular flexibility index (Phi) is 6.00. The lowest BCUT2D eigenvalue weighted by molar-refractivity contribution is -0.789. The van der Waals surface area contributed by atoms with Crippen LogP contribution in [0.2, 0.25) is 0 Å². The Bertz CT molecular complexity index is 903. The highest BCUT2D eigenvalue weighted by Gasteiger charge is 2.45. The second kappa shape index (κ2) is 8.16. The lowest BCUT2D eigenvalue weighted by atomic mass is 9.81. The second-order valence-corrected chi connectivity index (χ2v) is 9.62. The molecule has 1 aromatic heterocycles. The summed E-state index contributed by atoms with van der Waals surface area (Å²) >= 11 is 1.47. The van der Waals surface area contributed by atoms with E-state index in [0.717, 1.165) is 22.6 Å². The molecular formula is C22H29N2O4S+. The van der Waals surface area contributed by atoms with Gasteiger partial charge in [-0.15, -0.1) is 11.3 Å². The Morgan fingerprint density at radius 1 is 1.17 bits per heavy atom. The highest BCUT2D eigenvalue weighted by molar-refractivity contribution is 7.17. The van der Waals surface area contributed by atoms with Gasteiger partial charge in [-0.1, -0.05) is 18.2 Å². The summed E-state index contributed by atoms with van der Waals surface area (Å²) in [5, 5.41) is 5.80. The summed E-state index contributed by atoms with van der Waals surface area (Å²) in [5.74, 6) is 0.124. The van der Waals surface area contributed by atoms with E-state index in [1.54, 1.807) is 0 Å². The summed E-state index contributed by atoms with van der Waals surface area (Å²) in [5.41, 5.74) is 1.23. The number of methoxy groups -OCH3 is 1. The number of hydrogen-bond donors (Lipinski definition) is 2. The maximum absolute atomic E-state index is 12.6. The fourth-order valence-electron chi connectivity index (χ4n) is 4.08. The molecule has 3 N–H and O–H groups in total. The van der Waals surface area contributed by atoms with E-state index >= 15 is 0 Å². The van der Waals surface area contributed by atoms with Crippen LogP contribution in [0.3, 0.4) is 0 Å². The Hall–Kier alpha value is -2.38. The molecule has 0 unspecified atom stereocenters. The molecule has 1 aliphatic rings. The van der Waals surface area contributed by atoms with Crippen LogP contribution in [0.4, 0.5) is 5.00 Å². The van der Waals surface area contributed by atoms with Crippen LogP contribution in [-0.4, -0.2) is 31.1 Å². The molecule has 0 fully saturated rings. The van der Waals surface area contributed by atoms with E-state index in [9.17, 15) is 9.59 Å². The van der Waals surface area contributed by atoms with Gasteiger partial charge >= 0.3 is 5.97 Å². The first-order valence-corrected chi connectivity index (χ1v) is 10.5. The van der Waals surface area contributed by atoms with E-state index in [1.807, 2.05) is 30.3 Å². The first kappa shape index (κ1) is 21.3. The van der Waals surface area contributed by atoms with Crippen LogP contribution < -0.4 is 15.4 Å². The van der Waals surface area contributed by atoms with Gasteiger partial charge in [0.2, 0.25) is 5.91 Å². The maximum atomic E-state index is 12.6. The summed E-state index contributed by atoms with van der Waals surface area (Å²) in [6.07, 6.45) is 0.929. The highest BCUT2D eigenvalue weighted by atomic mass is 32.1. The van der Waals surface area contributed by atoms with Crippen molar-refractivity contribution in [3.8, 4) is 5.75 Å². The van der Waals surface area contributed by atoms with Gasteiger partial charge in [0, 0.05) is 6.42 Å². The standard InChI is InChI=1S/C22H28N2O4S/c1-21(2)13-15-17(20(26)27-5)19(29-18(15)22(3,4)24-21)23-16(25)11-12-28-14-9-7-6-8-10-14/h6-10,24H,11-13H2,1-5H3,(H,23,25)/p+1. The van der Waals surface area contributed by atoms with Crippen molar-refractivity contribution in [2.75, 3.05) is 19.0 Å². The average molecular weight is 418 g/mol. The average Bonchev–Trinajstić information content (AvgIpc) is 2.99. The molecule has 0 radical (unpaired) electrons. The first-order chi connectivity index (χ1) is 13.6. The van der Waals surface area contributed by atoms with Gasteiger partial charge in [-0.25, -0.2) is 4.79 Å². The van der Waals surface area contributed by atoms with E-state index in [0.29, 0.717) is 10.6 Å². The van der Waals surface area contributed by atoms with Crippen LogP contribution in [0.5, 0.6) is 5.75 Å². The third-order valence-electron chi connectivity index (χ3n) is 4.96. The summed E-state index contributed by atoms with van der Waals surface area (Å²) in [6, 6.07) is 9.37. The Morgan fingerprint density at radius 3 is 2.52 bits per heavy atom. The molecule has 0 atom stereocenters. The van der Waals surface area contributed by atoms with Gasteiger partial charge in [-0.3, -0.25) is 4.79 Å². The van der Waals surface area contributed by atoms with E-state index in [1.165, 1.54) is 18.4 Å². The highest BCUT2D eigenvalue weighted by Crippen LogP contribution is 2.42. The predicted molar refractivity (Wildman–Crippen MR) is 114 cm³/mol. The topological polar surface area (TPSA) is 81.2 Å². The van der Waals surface area contributed by atoms with Crippen molar-refractivity contribution >= 4 is 28.2 Å². The Labute approximate surface area is 175 Å². The van der Waals surface area contributed by atoms with Crippen LogP contribution in [0.25, 0.3) is 0 Å².